The number of aliphatic hydroxyl groups is 6. The highest BCUT2D eigenvalue weighted by Gasteiger charge is 2.69. The summed E-state index contributed by atoms with van der Waals surface area (Å²) in [6, 6.07) is 0. The summed E-state index contributed by atoms with van der Waals surface area (Å²) in [5, 5.41) is 62.4. The van der Waals surface area contributed by atoms with Gasteiger partial charge in [-0.3, -0.25) is 0 Å². The molecule has 1 heterocycles. The summed E-state index contributed by atoms with van der Waals surface area (Å²) in [7, 11) is 0. The maximum absolute atomic E-state index is 11.3. The molecule has 5 fully saturated rings. The van der Waals surface area contributed by atoms with Crippen LogP contribution in [-0.2, 0) is 9.47 Å². The van der Waals surface area contributed by atoms with Crippen LogP contribution in [0.25, 0.3) is 0 Å². The Morgan fingerprint density at radius 2 is 1.44 bits per heavy atom. The SMILES string of the molecule is CC1(CO[C@@H]2O[C@H](CO)[C@@H](O)[C@H](O)[C@H]2O)C(O)CCC2(C)C1CCC1(C)C2CCC2C(O)CCC21C. The van der Waals surface area contributed by atoms with E-state index in [1.54, 1.807) is 0 Å². The van der Waals surface area contributed by atoms with Gasteiger partial charge in [-0.1, -0.05) is 27.7 Å². The van der Waals surface area contributed by atoms with Gasteiger partial charge in [0, 0.05) is 5.41 Å². The molecule has 8 nitrogen and oxygen atoms in total. The lowest BCUT2D eigenvalue weighted by atomic mass is 9.35. The number of fused-ring (bicyclic) bond motifs is 5. The van der Waals surface area contributed by atoms with Crippen LogP contribution in [0.5, 0.6) is 0 Å². The minimum Gasteiger partial charge on any atom is -0.394 e. The highest BCUT2D eigenvalue weighted by atomic mass is 16.7. The van der Waals surface area contributed by atoms with Crippen molar-refractivity contribution in [1.82, 2.24) is 0 Å². The van der Waals surface area contributed by atoms with Crippen molar-refractivity contribution in [2.45, 2.75) is 122 Å². The van der Waals surface area contributed by atoms with Gasteiger partial charge < -0.3 is 40.1 Å². The van der Waals surface area contributed by atoms with Gasteiger partial charge in [-0.15, -0.1) is 0 Å². The van der Waals surface area contributed by atoms with E-state index < -0.39 is 48.8 Å². The molecule has 9 unspecified atom stereocenters. The molecule has 0 spiro atoms. The van der Waals surface area contributed by atoms with E-state index in [2.05, 4.69) is 27.7 Å². The van der Waals surface area contributed by atoms with E-state index in [1.807, 2.05) is 0 Å². The molecule has 1 aliphatic heterocycles. The number of hydrogen-bond donors (Lipinski definition) is 6. The predicted molar refractivity (Wildman–Crippen MR) is 132 cm³/mol. The molecule has 6 N–H and O–H groups in total. The van der Waals surface area contributed by atoms with E-state index in [-0.39, 0.29) is 34.9 Å². The number of rotatable bonds is 4. The summed E-state index contributed by atoms with van der Waals surface area (Å²) in [4.78, 5) is 0. The molecule has 1 saturated heterocycles. The van der Waals surface area contributed by atoms with E-state index in [9.17, 15) is 30.6 Å². The van der Waals surface area contributed by atoms with E-state index in [1.165, 1.54) is 0 Å². The normalized spacial score (nSPS) is 59.2. The minimum atomic E-state index is -1.48. The molecule has 208 valence electrons. The monoisotopic (exact) mass is 512 g/mol. The third kappa shape index (κ3) is 3.62. The van der Waals surface area contributed by atoms with Gasteiger partial charge in [0.15, 0.2) is 6.29 Å². The second-order valence-electron chi connectivity index (χ2n) is 13.8. The molecular weight excluding hydrogens is 464 g/mol. The van der Waals surface area contributed by atoms with Gasteiger partial charge in [-0.25, -0.2) is 0 Å². The Balaban J connectivity index is 1.39. The zero-order valence-corrected chi connectivity index (χ0v) is 22.3. The summed E-state index contributed by atoms with van der Waals surface area (Å²) in [6.45, 7) is 9.03. The number of hydrogen-bond acceptors (Lipinski definition) is 8. The lowest BCUT2D eigenvalue weighted by Crippen LogP contribution is -2.65. The van der Waals surface area contributed by atoms with Crippen molar-refractivity contribution in [3.8, 4) is 0 Å². The van der Waals surface area contributed by atoms with Crippen LogP contribution >= 0.6 is 0 Å². The van der Waals surface area contributed by atoms with Crippen molar-refractivity contribution >= 4 is 0 Å². The second-order valence-corrected chi connectivity index (χ2v) is 13.8. The van der Waals surface area contributed by atoms with Crippen LogP contribution < -0.4 is 0 Å². The van der Waals surface area contributed by atoms with Crippen molar-refractivity contribution in [2.24, 2.45) is 39.4 Å². The Hall–Kier alpha value is -0.320. The van der Waals surface area contributed by atoms with Crippen molar-refractivity contribution in [3.05, 3.63) is 0 Å². The fourth-order valence-corrected chi connectivity index (χ4v) is 10.2. The lowest BCUT2D eigenvalue weighted by Gasteiger charge is -2.70. The topological polar surface area (TPSA) is 140 Å². The highest BCUT2D eigenvalue weighted by Crippen LogP contribution is 2.74. The first-order valence-corrected chi connectivity index (χ1v) is 14.1. The molecule has 14 atom stereocenters. The van der Waals surface area contributed by atoms with E-state index in [0.29, 0.717) is 18.3 Å². The Kier molecular flexibility index (Phi) is 6.90. The average Bonchev–Trinajstić information content (AvgIpc) is 3.15. The molecule has 0 amide bonds. The molecular formula is C28H48O8. The zero-order chi connectivity index (χ0) is 26.3. The van der Waals surface area contributed by atoms with Crippen LogP contribution in [0.1, 0.15) is 79.1 Å². The van der Waals surface area contributed by atoms with Crippen LogP contribution in [0.3, 0.4) is 0 Å². The van der Waals surface area contributed by atoms with Crippen LogP contribution in [0, 0.1) is 39.4 Å². The first-order valence-electron chi connectivity index (χ1n) is 14.1. The molecule has 0 radical (unpaired) electrons. The minimum absolute atomic E-state index is 0.0151. The Morgan fingerprint density at radius 3 is 2.14 bits per heavy atom. The maximum atomic E-state index is 11.3. The third-order valence-electron chi connectivity index (χ3n) is 12.5. The molecule has 0 aromatic rings. The molecule has 5 aliphatic rings. The van der Waals surface area contributed by atoms with Gasteiger partial charge in [0.1, 0.15) is 24.4 Å². The van der Waals surface area contributed by atoms with E-state index in [4.69, 9.17) is 9.47 Å². The molecule has 4 aliphatic carbocycles. The molecule has 0 aromatic heterocycles. The summed E-state index contributed by atoms with van der Waals surface area (Å²) < 4.78 is 11.7. The van der Waals surface area contributed by atoms with Crippen molar-refractivity contribution in [3.63, 3.8) is 0 Å². The summed E-state index contributed by atoms with van der Waals surface area (Å²) >= 11 is 0. The van der Waals surface area contributed by atoms with Crippen LogP contribution in [0.15, 0.2) is 0 Å². The van der Waals surface area contributed by atoms with Gasteiger partial charge in [0.25, 0.3) is 0 Å². The predicted octanol–water partition coefficient (Wildman–Crippen LogP) is 1.57. The van der Waals surface area contributed by atoms with Crippen molar-refractivity contribution < 1.29 is 40.1 Å². The number of aliphatic hydroxyl groups excluding tert-OH is 6. The Bertz CT molecular complexity index is 823. The smallest absolute Gasteiger partial charge is 0.186 e. The first-order chi connectivity index (χ1) is 16.8. The maximum Gasteiger partial charge on any atom is 0.186 e. The zero-order valence-electron chi connectivity index (χ0n) is 22.3. The van der Waals surface area contributed by atoms with Crippen LogP contribution in [-0.4, -0.2) is 86.8 Å². The van der Waals surface area contributed by atoms with Gasteiger partial charge in [-0.05, 0) is 85.4 Å². The summed E-state index contributed by atoms with van der Waals surface area (Å²) in [5.41, 5.74) is -0.288. The molecule has 8 heteroatoms. The molecule has 36 heavy (non-hydrogen) atoms. The van der Waals surface area contributed by atoms with Gasteiger partial charge in [0.05, 0.1) is 25.4 Å². The summed E-state index contributed by atoms with van der Waals surface area (Å²) in [6.07, 6.45) is 0.459. The molecule has 0 bridgehead atoms. The molecule has 5 rings (SSSR count). The molecule has 4 saturated carbocycles. The first kappa shape index (κ1) is 27.3. The van der Waals surface area contributed by atoms with Gasteiger partial charge in [-0.2, -0.15) is 0 Å². The fraction of sp³-hybridized carbons (Fsp3) is 1.00. The van der Waals surface area contributed by atoms with Crippen molar-refractivity contribution in [1.29, 1.82) is 0 Å². The fourth-order valence-electron chi connectivity index (χ4n) is 10.2. The lowest BCUT2D eigenvalue weighted by molar-refractivity contribution is -0.316. The van der Waals surface area contributed by atoms with Gasteiger partial charge in [0.2, 0.25) is 0 Å². The van der Waals surface area contributed by atoms with Crippen molar-refractivity contribution in [2.75, 3.05) is 13.2 Å². The van der Waals surface area contributed by atoms with Crippen LogP contribution in [0.2, 0.25) is 0 Å². The Morgan fingerprint density at radius 1 is 0.750 bits per heavy atom. The Labute approximate surface area is 215 Å². The summed E-state index contributed by atoms with van der Waals surface area (Å²) in [5.74, 6) is 1.08. The quantitative estimate of drug-likeness (QED) is 0.334. The largest absolute Gasteiger partial charge is 0.394 e. The third-order valence-corrected chi connectivity index (χ3v) is 12.5. The average molecular weight is 513 g/mol. The van der Waals surface area contributed by atoms with Crippen LogP contribution in [0.4, 0.5) is 0 Å². The number of ether oxygens (including phenoxy) is 2. The van der Waals surface area contributed by atoms with E-state index >= 15 is 0 Å². The van der Waals surface area contributed by atoms with Gasteiger partial charge >= 0.3 is 0 Å². The standard InChI is InChI=1S/C28H48O8/c1-25-10-9-20(31)26(2,14-35-24-23(34)22(33)21(32)17(13-29)36-24)18(25)8-12-28(4)19(25)6-5-15-16(30)7-11-27(15,28)3/h15-24,29-34H,5-14H2,1-4H3/t15?,16?,17-,18?,19?,20?,21-,22+,23-,24-,25?,26?,27?,28?/m1/s1. The molecule has 0 aromatic carbocycles. The second kappa shape index (κ2) is 9.12. The van der Waals surface area contributed by atoms with E-state index in [0.717, 1.165) is 44.9 Å². The highest BCUT2D eigenvalue weighted by molar-refractivity contribution is 5.17.